The standard InChI is InChI=1S/C14H19ClN2O2/c1-17-6-4-10(5-7-17)9-16-13-3-2-11(15)8-12(13)14(18)19/h2-3,8,10,16H,4-7,9H2,1H3,(H,18,19). The largest absolute Gasteiger partial charge is 0.478 e. The average molecular weight is 283 g/mol. The first kappa shape index (κ1) is 14.2. The number of piperidine rings is 1. The van der Waals surface area contributed by atoms with Gasteiger partial charge in [-0.2, -0.15) is 0 Å². The van der Waals surface area contributed by atoms with E-state index in [4.69, 9.17) is 16.7 Å². The van der Waals surface area contributed by atoms with Gasteiger partial charge in [-0.3, -0.25) is 0 Å². The maximum Gasteiger partial charge on any atom is 0.337 e. The molecule has 0 amide bonds. The number of carboxylic acids is 1. The molecule has 1 aromatic carbocycles. The van der Waals surface area contributed by atoms with E-state index in [2.05, 4.69) is 17.3 Å². The van der Waals surface area contributed by atoms with Crippen LogP contribution in [0.3, 0.4) is 0 Å². The van der Waals surface area contributed by atoms with E-state index in [1.165, 1.54) is 6.07 Å². The lowest BCUT2D eigenvalue weighted by atomic mass is 9.97. The lowest BCUT2D eigenvalue weighted by Crippen LogP contribution is -2.33. The summed E-state index contributed by atoms with van der Waals surface area (Å²) in [6.07, 6.45) is 2.30. The Labute approximate surface area is 118 Å². The monoisotopic (exact) mass is 282 g/mol. The molecule has 0 aromatic heterocycles. The number of rotatable bonds is 4. The molecule has 0 unspecified atom stereocenters. The second kappa shape index (κ2) is 6.26. The van der Waals surface area contributed by atoms with Crippen molar-refractivity contribution in [3.8, 4) is 0 Å². The number of benzene rings is 1. The molecule has 1 heterocycles. The highest BCUT2D eigenvalue weighted by Crippen LogP contribution is 2.22. The topological polar surface area (TPSA) is 52.6 Å². The Morgan fingerprint density at radius 1 is 1.47 bits per heavy atom. The van der Waals surface area contributed by atoms with Crippen molar-refractivity contribution in [3.63, 3.8) is 0 Å². The highest BCUT2D eigenvalue weighted by Gasteiger charge is 2.17. The molecule has 1 saturated heterocycles. The molecule has 4 nitrogen and oxygen atoms in total. The van der Waals surface area contributed by atoms with E-state index in [1.54, 1.807) is 12.1 Å². The van der Waals surface area contributed by atoms with Crippen LogP contribution in [0.5, 0.6) is 0 Å². The molecule has 104 valence electrons. The second-order valence-corrected chi connectivity index (χ2v) is 5.56. The number of carboxylic acid groups (broad SMARTS) is 1. The van der Waals surface area contributed by atoms with Crippen LogP contribution in [0.1, 0.15) is 23.2 Å². The van der Waals surface area contributed by atoms with Crippen LogP contribution in [-0.2, 0) is 0 Å². The van der Waals surface area contributed by atoms with Gasteiger partial charge < -0.3 is 15.3 Å². The van der Waals surface area contributed by atoms with Gasteiger partial charge in [0.2, 0.25) is 0 Å². The fourth-order valence-corrected chi connectivity index (χ4v) is 2.54. The second-order valence-electron chi connectivity index (χ2n) is 5.12. The molecule has 19 heavy (non-hydrogen) atoms. The lowest BCUT2D eigenvalue weighted by molar-refractivity contribution is 0.0698. The zero-order valence-corrected chi connectivity index (χ0v) is 11.8. The maximum atomic E-state index is 11.2. The summed E-state index contributed by atoms with van der Waals surface area (Å²) in [5.41, 5.74) is 0.885. The van der Waals surface area contributed by atoms with Crippen molar-refractivity contribution in [3.05, 3.63) is 28.8 Å². The van der Waals surface area contributed by atoms with Gasteiger partial charge in [0.1, 0.15) is 0 Å². The van der Waals surface area contributed by atoms with E-state index >= 15 is 0 Å². The molecule has 1 fully saturated rings. The van der Waals surface area contributed by atoms with Crippen molar-refractivity contribution in [1.82, 2.24) is 4.90 Å². The van der Waals surface area contributed by atoms with Crippen LogP contribution >= 0.6 is 11.6 Å². The molecule has 0 bridgehead atoms. The van der Waals surface area contributed by atoms with Crippen molar-refractivity contribution in [1.29, 1.82) is 0 Å². The summed E-state index contributed by atoms with van der Waals surface area (Å²) < 4.78 is 0. The number of halogens is 1. The minimum atomic E-state index is -0.951. The van der Waals surface area contributed by atoms with Gasteiger partial charge in [-0.1, -0.05) is 11.6 Å². The fraction of sp³-hybridized carbons (Fsp3) is 0.500. The van der Waals surface area contributed by atoms with Crippen LogP contribution in [0.15, 0.2) is 18.2 Å². The van der Waals surface area contributed by atoms with Gasteiger partial charge in [0.15, 0.2) is 0 Å². The number of aromatic carboxylic acids is 1. The van der Waals surface area contributed by atoms with Gasteiger partial charge in [0.05, 0.1) is 5.56 Å². The number of hydrogen-bond donors (Lipinski definition) is 2. The molecule has 2 rings (SSSR count). The molecule has 5 heteroatoms. The Hall–Kier alpha value is -1.26. The van der Waals surface area contributed by atoms with Gasteiger partial charge in [0.25, 0.3) is 0 Å². The van der Waals surface area contributed by atoms with Crippen LogP contribution in [0, 0.1) is 5.92 Å². The summed E-state index contributed by atoms with van der Waals surface area (Å²) >= 11 is 5.83. The first-order valence-corrected chi connectivity index (χ1v) is 6.89. The fourth-order valence-electron chi connectivity index (χ4n) is 2.37. The van der Waals surface area contributed by atoms with Gasteiger partial charge in [-0.15, -0.1) is 0 Å². The molecule has 1 aliphatic rings. The summed E-state index contributed by atoms with van der Waals surface area (Å²) in [6.45, 7) is 3.03. The Balaban J connectivity index is 1.97. The highest BCUT2D eigenvalue weighted by atomic mass is 35.5. The summed E-state index contributed by atoms with van der Waals surface area (Å²) in [7, 11) is 2.13. The van der Waals surface area contributed by atoms with Crippen molar-refractivity contribution >= 4 is 23.3 Å². The number of nitrogens with one attached hydrogen (secondary N) is 1. The summed E-state index contributed by atoms with van der Waals surface area (Å²) in [4.78, 5) is 13.5. The van der Waals surface area contributed by atoms with E-state index < -0.39 is 5.97 Å². The van der Waals surface area contributed by atoms with E-state index in [0.29, 0.717) is 16.6 Å². The Morgan fingerprint density at radius 3 is 2.79 bits per heavy atom. The number of anilines is 1. The summed E-state index contributed by atoms with van der Waals surface area (Å²) in [5, 5.41) is 12.9. The number of carbonyl (C=O) groups is 1. The lowest BCUT2D eigenvalue weighted by Gasteiger charge is -2.29. The molecule has 0 spiro atoms. The molecule has 0 radical (unpaired) electrons. The van der Waals surface area contributed by atoms with Crippen molar-refractivity contribution in [2.24, 2.45) is 5.92 Å². The van der Waals surface area contributed by atoms with Crippen LogP contribution in [0.4, 0.5) is 5.69 Å². The normalized spacial score (nSPS) is 17.4. The van der Waals surface area contributed by atoms with Gasteiger partial charge in [0, 0.05) is 17.3 Å². The molecule has 2 N–H and O–H groups in total. The third-order valence-electron chi connectivity index (χ3n) is 3.63. The van der Waals surface area contributed by atoms with Crippen molar-refractivity contribution in [2.75, 3.05) is 32.0 Å². The minimum absolute atomic E-state index is 0.237. The van der Waals surface area contributed by atoms with Crippen molar-refractivity contribution < 1.29 is 9.90 Å². The third-order valence-corrected chi connectivity index (χ3v) is 3.87. The molecular weight excluding hydrogens is 264 g/mol. The molecule has 0 saturated carbocycles. The predicted molar refractivity (Wildman–Crippen MR) is 77.1 cm³/mol. The first-order chi connectivity index (χ1) is 9.06. The van der Waals surface area contributed by atoms with E-state index in [-0.39, 0.29) is 5.56 Å². The minimum Gasteiger partial charge on any atom is -0.478 e. The summed E-state index contributed by atoms with van der Waals surface area (Å²) in [6, 6.07) is 4.94. The Bertz CT molecular complexity index is 457. The van der Waals surface area contributed by atoms with Crippen molar-refractivity contribution in [2.45, 2.75) is 12.8 Å². The molecule has 0 aliphatic carbocycles. The highest BCUT2D eigenvalue weighted by molar-refractivity contribution is 6.31. The van der Waals surface area contributed by atoms with E-state index in [1.807, 2.05) is 0 Å². The van der Waals surface area contributed by atoms with Gasteiger partial charge >= 0.3 is 5.97 Å². The smallest absolute Gasteiger partial charge is 0.337 e. The van der Waals surface area contributed by atoms with E-state index in [0.717, 1.165) is 32.5 Å². The summed E-state index contributed by atoms with van der Waals surface area (Å²) in [5.74, 6) is -0.345. The Kier molecular flexibility index (Phi) is 4.66. The molecule has 1 aromatic rings. The number of likely N-dealkylation sites (tertiary alicyclic amines) is 1. The van der Waals surface area contributed by atoms with Crippen LogP contribution in [0.2, 0.25) is 5.02 Å². The Morgan fingerprint density at radius 2 is 2.16 bits per heavy atom. The molecule has 1 aliphatic heterocycles. The predicted octanol–water partition coefficient (Wildman–Crippen LogP) is 2.79. The zero-order valence-electron chi connectivity index (χ0n) is 11.0. The quantitative estimate of drug-likeness (QED) is 0.892. The molecular formula is C14H19ClN2O2. The average Bonchev–Trinajstić information content (AvgIpc) is 2.39. The SMILES string of the molecule is CN1CCC(CNc2ccc(Cl)cc2C(=O)O)CC1. The van der Waals surface area contributed by atoms with Crippen LogP contribution < -0.4 is 5.32 Å². The van der Waals surface area contributed by atoms with Gasteiger partial charge in [-0.25, -0.2) is 4.79 Å². The number of hydrogen-bond acceptors (Lipinski definition) is 3. The zero-order chi connectivity index (χ0) is 13.8. The molecule has 0 atom stereocenters. The van der Waals surface area contributed by atoms with E-state index in [9.17, 15) is 4.79 Å². The van der Waals surface area contributed by atoms with Crippen LogP contribution in [-0.4, -0.2) is 42.7 Å². The first-order valence-electron chi connectivity index (χ1n) is 6.51. The third kappa shape index (κ3) is 3.85. The van der Waals surface area contributed by atoms with Gasteiger partial charge in [-0.05, 0) is 57.1 Å². The van der Waals surface area contributed by atoms with Crippen LogP contribution in [0.25, 0.3) is 0 Å². The number of nitrogens with zero attached hydrogens (tertiary/aromatic N) is 1. The maximum absolute atomic E-state index is 11.2.